The smallest absolute Gasteiger partial charge is 0.270 e. The molecule has 3 aromatic rings. The molecule has 0 radical (unpaired) electrons. The molecule has 0 aliphatic rings. The summed E-state index contributed by atoms with van der Waals surface area (Å²) in [6, 6.07) is 11.3. The first-order valence-corrected chi connectivity index (χ1v) is 7.57. The number of hydrogen-bond donors (Lipinski definition) is 1. The number of hydrogen-bond acceptors (Lipinski definition) is 5. The Kier molecular flexibility index (Phi) is 4.59. The van der Waals surface area contributed by atoms with Crippen molar-refractivity contribution in [1.29, 1.82) is 0 Å². The van der Waals surface area contributed by atoms with Gasteiger partial charge in [0.25, 0.3) is 5.69 Å². The maximum Gasteiger partial charge on any atom is 0.270 e. The van der Waals surface area contributed by atoms with Crippen LogP contribution >= 0.6 is 23.2 Å². The molecule has 0 aliphatic carbocycles. The predicted octanol–water partition coefficient (Wildman–Crippen LogP) is 4.90. The summed E-state index contributed by atoms with van der Waals surface area (Å²) in [5.74, 6) is 0. The Hall–Kier alpha value is -2.70. The molecule has 8 heteroatoms. The van der Waals surface area contributed by atoms with E-state index in [1.807, 2.05) is 6.07 Å². The van der Waals surface area contributed by atoms with E-state index in [4.69, 9.17) is 23.2 Å². The minimum Gasteiger partial charge on any atom is -0.278 e. The molecular weight excluding hydrogens is 351 g/mol. The standard InChI is InChI=1S/C16H10Cl2N4O2/c17-11-1-3-13-15(5-6-19-16(13)8-11)21-20-9-10-7-12(22(23)24)2-4-14(10)18/h1-9H,(H,19,21)/b20-9+. The molecule has 0 fully saturated rings. The normalized spacial score (nSPS) is 11.1. The van der Waals surface area contributed by atoms with Crippen LogP contribution < -0.4 is 5.43 Å². The third kappa shape index (κ3) is 3.45. The van der Waals surface area contributed by atoms with Gasteiger partial charge in [-0.2, -0.15) is 5.10 Å². The van der Waals surface area contributed by atoms with Crippen LogP contribution in [-0.2, 0) is 0 Å². The number of nitrogens with zero attached hydrogens (tertiary/aromatic N) is 3. The molecule has 0 amide bonds. The van der Waals surface area contributed by atoms with E-state index in [1.165, 1.54) is 24.4 Å². The summed E-state index contributed by atoms with van der Waals surface area (Å²) in [5.41, 5.74) is 4.75. The number of halogens is 2. The summed E-state index contributed by atoms with van der Waals surface area (Å²) < 4.78 is 0. The van der Waals surface area contributed by atoms with Crippen LogP contribution in [0.5, 0.6) is 0 Å². The van der Waals surface area contributed by atoms with Gasteiger partial charge in [0, 0.05) is 39.3 Å². The largest absolute Gasteiger partial charge is 0.278 e. The fraction of sp³-hybridized carbons (Fsp3) is 0. The highest BCUT2D eigenvalue weighted by molar-refractivity contribution is 6.33. The Morgan fingerprint density at radius 1 is 1.17 bits per heavy atom. The van der Waals surface area contributed by atoms with E-state index in [0.717, 1.165) is 16.6 Å². The third-order valence-corrected chi connectivity index (χ3v) is 3.86. The second-order valence-corrected chi connectivity index (χ2v) is 5.70. The van der Waals surface area contributed by atoms with Gasteiger partial charge in [0.2, 0.25) is 0 Å². The molecule has 120 valence electrons. The lowest BCUT2D eigenvalue weighted by Gasteiger charge is -2.05. The van der Waals surface area contributed by atoms with E-state index in [-0.39, 0.29) is 5.69 Å². The minimum atomic E-state index is -0.485. The van der Waals surface area contributed by atoms with Crippen molar-refractivity contribution < 1.29 is 4.92 Å². The first-order chi connectivity index (χ1) is 11.5. The second kappa shape index (κ2) is 6.82. The summed E-state index contributed by atoms with van der Waals surface area (Å²) in [4.78, 5) is 14.6. The average molecular weight is 361 g/mol. The van der Waals surface area contributed by atoms with Crippen molar-refractivity contribution in [3.63, 3.8) is 0 Å². The van der Waals surface area contributed by atoms with Gasteiger partial charge in [0.05, 0.1) is 22.3 Å². The topological polar surface area (TPSA) is 80.4 Å². The molecule has 2 aromatic carbocycles. The molecule has 3 rings (SSSR count). The van der Waals surface area contributed by atoms with Gasteiger partial charge in [0.1, 0.15) is 0 Å². The van der Waals surface area contributed by atoms with Gasteiger partial charge < -0.3 is 0 Å². The summed E-state index contributed by atoms with van der Waals surface area (Å²) >= 11 is 12.0. The second-order valence-electron chi connectivity index (χ2n) is 4.85. The highest BCUT2D eigenvalue weighted by Crippen LogP contribution is 2.25. The average Bonchev–Trinajstić information content (AvgIpc) is 2.56. The van der Waals surface area contributed by atoms with Crippen molar-refractivity contribution in [2.45, 2.75) is 0 Å². The van der Waals surface area contributed by atoms with Gasteiger partial charge in [-0.15, -0.1) is 0 Å². The lowest BCUT2D eigenvalue weighted by atomic mass is 10.2. The molecule has 24 heavy (non-hydrogen) atoms. The number of fused-ring (bicyclic) bond motifs is 1. The molecule has 1 heterocycles. The zero-order valence-corrected chi connectivity index (χ0v) is 13.6. The quantitative estimate of drug-likeness (QED) is 0.407. The number of rotatable bonds is 4. The van der Waals surface area contributed by atoms with Crippen molar-refractivity contribution in [3.05, 3.63) is 74.4 Å². The van der Waals surface area contributed by atoms with Crippen LogP contribution in [0, 0.1) is 10.1 Å². The first-order valence-electron chi connectivity index (χ1n) is 6.82. The number of non-ortho nitro benzene ring substituents is 1. The number of aromatic nitrogens is 1. The molecule has 0 saturated heterocycles. The van der Waals surface area contributed by atoms with Gasteiger partial charge in [-0.05, 0) is 30.3 Å². The maximum atomic E-state index is 10.8. The minimum absolute atomic E-state index is 0.0511. The van der Waals surface area contributed by atoms with Gasteiger partial charge >= 0.3 is 0 Å². The fourth-order valence-electron chi connectivity index (χ4n) is 2.13. The van der Waals surface area contributed by atoms with E-state index in [0.29, 0.717) is 15.6 Å². The van der Waals surface area contributed by atoms with E-state index in [1.54, 1.807) is 24.4 Å². The zero-order valence-electron chi connectivity index (χ0n) is 12.1. The van der Waals surface area contributed by atoms with E-state index in [9.17, 15) is 10.1 Å². The Labute approximate surface area is 146 Å². The molecule has 0 aliphatic heterocycles. The highest BCUT2D eigenvalue weighted by Gasteiger charge is 2.08. The number of nitro groups is 1. The lowest BCUT2D eigenvalue weighted by Crippen LogP contribution is -1.95. The van der Waals surface area contributed by atoms with Crippen LogP contribution in [0.25, 0.3) is 10.9 Å². The number of benzene rings is 2. The number of nitro benzene ring substituents is 1. The molecule has 0 atom stereocenters. The van der Waals surface area contributed by atoms with Crippen LogP contribution in [-0.4, -0.2) is 16.1 Å². The fourth-order valence-corrected chi connectivity index (χ4v) is 2.47. The first kappa shape index (κ1) is 16.2. The van der Waals surface area contributed by atoms with Gasteiger partial charge in [-0.3, -0.25) is 20.5 Å². The number of pyridine rings is 1. The van der Waals surface area contributed by atoms with Crippen molar-refractivity contribution in [2.24, 2.45) is 5.10 Å². The summed E-state index contributed by atoms with van der Waals surface area (Å²) in [6.45, 7) is 0. The molecule has 0 saturated carbocycles. The van der Waals surface area contributed by atoms with Crippen molar-refractivity contribution in [3.8, 4) is 0 Å². The molecule has 6 nitrogen and oxygen atoms in total. The number of nitrogens with one attached hydrogen (secondary N) is 1. The Morgan fingerprint density at radius 3 is 2.79 bits per heavy atom. The van der Waals surface area contributed by atoms with E-state index >= 15 is 0 Å². The van der Waals surface area contributed by atoms with E-state index in [2.05, 4.69) is 15.5 Å². The molecule has 0 spiro atoms. The van der Waals surface area contributed by atoms with E-state index < -0.39 is 4.92 Å². The molecular formula is C16H10Cl2N4O2. The van der Waals surface area contributed by atoms with Gasteiger partial charge in [-0.1, -0.05) is 23.2 Å². The molecule has 0 unspecified atom stereocenters. The predicted molar refractivity (Wildman–Crippen MR) is 96.1 cm³/mol. The molecule has 1 aromatic heterocycles. The van der Waals surface area contributed by atoms with Crippen LogP contribution in [0.4, 0.5) is 11.4 Å². The summed E-state index contributed by atoms with van der Waals surface area (Å²) in [7, 11) is 0. The van der Waals surface area contributed by atoms with Crippen LogP contribution in [0.2, 0.25) is 10.0 Å². The lowest BCUT2D eigenvalue weighted by molar-refractivity contribution is -0.384. The SMILES string of the molecule is O=[N+]([O-])c1ccc(Cl)c(/C=N/Nc2ccnc3cc(Cl)ccc23)c1. The molecule has 0 bridgehead atoms. The van der Waals surface area contributed by atoms with Crippen LogP contribution in [0.3, 0.4) is 0 Å². The Balaban J connectivity index is 1.87. The Bertz CT molecular complexity index is 960. The summed E-state index contributed by atoms with van der Waals surface area (Å²) in [6.07, 6.45) is 3.06. The van der Waals surface area contributed by atoms with Crippen molar-refractivity contribution in [1.82, 2.24) is 4.98 Å². The van der Waals surface area contributed by atoms with Crippen LogP contribution in [0.1, 0.15) is 5.56 Å². The van der Waals surface area contributed by atoms with Crippen molar-refractivity contribution in [2.75, 3.05) is 5.43 Å². The Morgan fingerprint density at radius 2 is 2.00 bits per heavy atom. The summed E-state index contributed by atoms with van der Waals surface area (Å²) in [5, 5.41) is 16.7. The number of hydrazone groups is 1. The monoisotopic (exact) mass is 360 g/mol. The van der Waals surface area contributed by atoms with Crippen molar-refractivity contribution >= 4 is 51.7 Å². The number of anilines is 1. The van der Waals surface area contributed by atoms with Crippen LogP contribution in [0.15, 0.2) is 53.8 Å². The third-order valence-electron chi connectivity index (χ3n) is 3.28. The maximum absolute atomic E-state index is 10.8. The van der Waals surface area contributed by atoms with Gasteiger partial charge in [-0.25, -0.2) is 0 Å². The highest BCUT2D eigenvalue weighted by atomic mass is 35.5. The van der Waals surface area contributed by atoms with Gasteiger partial charge in [0.15, 0.2) is 0 Å². The zero-order chi connectivity index (χ0) is 17.1. The molecule has 1 N–H and O–H groups in total.